The lowest BCUT2D eigenvalue weighted by Gasteiger charge is -2.05. The topological polar surface area (TPSA) is 75.1 Å². The van der Waals surface area contributed by atoms with E-state index in [-0.39, 0.29) is 5.69 Å². The zero-order valence-corrected chi connectivity index (χ0v) is 10.3. The van der Waals surface area contributed by atoms with Crippen molar-refractivity contribution >= 4 is 21.9 Å². The Labute approximate surface area is 105 Å². The Bertz CT molecular complexity index is 598. The number of aromatic carboxylic acids is 1. The lowest BCUT2D eigenvalue weighted by atomic mass is 10.2. The van der Waals surface area contributed by atoms with Crippen LogP contribution in [0.1, 0.15) is 16.1 Å². The van der Waals surface area contributed by atoms with Crippen LogP contribution in [-0.4, -0.2) is 20.9 Å². The standard InChI is InChI=1S/C11H9BrN2O3/c12-8-3-1-7(2-4-8)6-14-9(11(16)17)5-10(15)13-14/h1-5H,6H2,(H,13,15)(H,16,17). The molecule has 2 N–H and O–H groups in total. The second-order valence-electron chi connectivity index (χ2n) is 3.52. The van der Waals surface area contributed by atoms with E-state index in [4.69, 9.17) is 5.11 Å². The van der Waals surface area contributed by atoms with Gasteiger partial charge in [-0.3, -0.25) is 14.6 Å². The van der Waals surface area contributed by atoms with Gasteiger partial charge < -0.3 is 5.11 Å². The number of hydrogen-bond acceptors (Lipinski definition) is 2. The third-order valence-corrected chi connectivity index (χ3v) is 2.81. The Morgan fingerprint density at radius 3 is 2.59 bits per heavy atom. The van der Waals surface area contributed by atoms with E-state index in [1.165, 1.54) is 4.68 Å². The largest absolute Gasteiger partial charge is 0.477 e. The highest BCUT2D eigenvalue weighted by molar-refractivity contribution is 9.10. The monoisotopic (exact) mass is 296 g/mol. The molecule has 0 aliphatic heterocycles. The Balaban J connectivity index is 2.32. The molecule has 0 saturated heterocycles. The maximum absolute atomic E-state index is 11.1. The number of nitrogens with one attached hydrogen (secondary N) is 1. The molecule has 0 unspecified atom stereocenters. The smallest absolute Gasteiger partial charge is 0.354 e. The fraction of sp³-hybridized carbons (Fsp3) is 0.0909. The quantitative estimate of drug-likeness (QED) is 0.905. The van der Waals surface area contributed by atoms with Crippen LogP contribution in [0.15, 0.2) is 39.6 Å². The summed E-state index contributed by atoms with van der Waals surface area (Å²) >= 11 is 3.31. The van der Waals surface area contributed by atoms with Crippen molar-refractivity contribution in [2.45, 2.75) is 6.54 Å². The molecule has 0 fully saturated rings. The maximum Gasteiger partial charge on any atom is 0.354 e. The highest BCUT2D eigenvalue weighted by Crippen LogP contribution is 2.11. The molecule has 17 heavy (non-hydrogen) atoms. The van der Waals surface area contributed by atoms with Crippen LogP contribution in [0.4, 0.5) is 0 Å². The Morgan fingerprint density at radius 1 is 1.35 bits per heavy atom. The molecule has 0 spiro atoms. The summed E-state index contributed by atoms with van der Waals surface area (Å²) in [5.74, 6) is -1.12. The second-order valence-corrected chi connectivity index (χ2v) is 4.44. The van der Waals surface area contributed by atoms with Crippen molar-refractivity contribution in [3.63, 3.8) is 0 Å². The summed E-state index contributed by atoms with van der Waals surface area (Å²) in [6.07, 6.45) is 0. The molecule has 0 saturated carbocycles. The zero-order chi connectivity index (χ0) is 12.4. The number of H-pyrrole nitrogens is 1. The first-order valence-corrected chi connectivity index (χ1v) is 5.63. The van der Waals surface area contributed by atoms with Gasteiger partial charge in [-0.1, -0.05) is 28.1 Å². The number of rotatable bonds is 3. The maximum atomic E-state index is 11.1. The van der Waals surface area contributed by atoms with E-state index in [1.54, 1.807) is 0 Å². The van der Waals surface area contributed by atoms with Gasteiger partial charge in [0, 0.05) is 10.5 Å². The average molecular weight is 297 g/mol. The van der Waals surface area contributed by atoms with Crippen LogP contribution in [-0.2, 0) is 6.54 Å². The van der Waals surface area contributed by atoms with Crippen LogP contribution in [0.25, 0.3) is 0 Å². The van der Waals surface area contributed by atoms with E-state index >= 15 is 0 Å². The number of aromatic nitrogens is 2. The number of aromatic amines is 1. The van der Waals surface area contributed by atoms with Crippen molar-refractivity contribution in [1.29, 1.82) is 0 Å². The van der Waals surface area contributed by atoms with Crippen LogP contribution in [0, 0.1) is 0 Å². The first-order chi connectivity index (χ1) is 8.06. The van der Waals surface area contributed by atoms with Crippen molar-refractivity contribution in [3.8, 4) is 0 Å². The number of carboxylic acid groups (broad SMARTS) is 1. The predicted octanol–water partition coefficient (Wildman–Crippen LogP) is 1.69. The lowest BCUT2D eigenvalue weighted by Crippen LogP contribution is -2.11. The summed E-state index contributed by atoms with van der Waals surface area (Å²) in [7, 11) is 0. The molecule has 1 heterocycles. The van der Waals surface area contributed by atoms with Gasteiger partial charge in [0.15, 0.2) is 0 Å². The average Bonchev–Trinajstić information content (AvgIpc) is 2.63. The second kappa shape index (κ2) is 4.58. The molecule has 0 bridgehead atoms. The van der Waals surface area contributed by atoms with E-state index < -0.39 is 11.5 Å². The molecule has 0 radical (unpaired) electrons. The van der Waals surface area contributed by atoms with Gasteiger partial charge in [0.2, 0.25) is 0 Å². The Kier molecular flexibility index (Phi) is 3.14. The SMILES string of the molecule is O=C(O)c1cc(=O)[nH]n1Cc1ccc(Br)cc1. The summed E-state index contributed by atoms with van der Waals surface area (Å²) < 4.78 is 2.26. The molecule has 88 valence electrons. The number of carbonyl (C=O) groups is 1. The van der Waals surface area contributed by atoms with Crippen LogP contribution >= 0.6 is 15.9 Å². The number of carboxylic acids is 1. The molecule has 1 aromatic carbocycles. The summed E-state index contributed by atoms with van der Waals surface area (Å²) in [5, 5.41) is 11.4. The first-order valence-electron chi connectivity index (χ1n) is 4.84. The van der Waals surface area contributed by atoms with Crippen LogP contribution in [0.2, 0.25) is 0 Å². The fourth-order valence-corrected chi connectivity index (χ4v) is 1.77. The molecule has 1 aromatic heterocycles. The van der Waals surface area contributed by atoms with E-state index in [9.17, 15) is 9.59 Å². The van der Waals surface area contributed by atoms with Gasteiger partial charge in [-0.25, -0.2) is 4.79 Å². The molecule has 2 aromatic rings. The zero-order valence-electron chi connectivity index (χ0n) is 8.68. The number of halogens is 1. The van der Waals surface area contributed by atoms with E-state index in [0.29, 0.717) is 6.54 Å². The normalized spacial score (nSPS) is 10.4. The third-order valence-electron chi connectivity index (χ3n) is 2.28. The van der Waals surface area contributed by atoms with Gasteiger partial charge in [0.05, 0.1) is 6.54 Å². The van der Waals surface area contributed by atoms with Gasteiger partial charge >= 0.3 is 5.97 Å². The van der Waals surface area contributed by atoms with Gasteiger partial charge in [0.1, 0.15) is 5.69 Å². The number of hydrogen-bond donors (Lipinski definition) is 2. The summed E-state index contributed by atoms with van der Waals surface area (Å²) in [5.41, 5.74) is 0.444. The first kappa shape index (κ1) is 11.7. The lowest BCUT2D eigenvalue weighted by molar-refractivity contribution is 0.0684. The van der Waals surface area contributed by atoms with Crippen molar-refractivity contribution in [3.05, 3.63) is 56.4 Å². The minimum atomic E-state index is -1.12. The van der Waals surface area contributed by atoms with Crippen LogP contribution in [0.3, 0.4) is 0 Å². The van der Waals surface area contributed by atoms with E-state index in [1.807, 2.05) is 24.3 Å². The summed E-state index contributed by atoms with van der Waals surface area (Å²) in [6.45, 7) is 0.317. The van der Waals surface area contributed by atoms with Crippen molar-refractivity contribution in [2.75, 3.05) is 0 Å². The highest BCUT2D eigenvalue weighted by atomic mass is 79.9. The molecule has 0 amide bonds. The van der Waals surface area contributed by atoms with Crippen molar-refractivity contribution in [1.82, 2.24) is 9.78 Å². The third kappa shape index (κ3) is 2.65. The van der Waals surface area contributed by atoms with Gasteiger partial charge in [0.25, 0.3) is 5.56 Å². The van der Waals surface area contributed by atoms with Gasteiger partial charge in [-0.05, 0) is 17.7 Å². The fourth-order valence-electron chi connectivity index (χ4n) is 1.50. The minimum absolute atomic E-state index is 0.0436. The van der Waals surface area contributed by atoms with Crippen molar-refractivity contribution < 1.29 is 9.90 Å². The minimum Gasteiger partial charge on any atom is -0.477 e. The van der Waals surface area contributed by atoms with Gasteiger partial charge in [-0.15, -0.1) is 0 Å². The number of benzene rings is 1. The van der Waals surface area contributed by atoms with Crippen molar-refractivity contribution in [2.24, 2.45) is 0 Å². The molecular weight excluding hydrogens is 288 g/mol. The Hall–Kier alpha value is -1.82. The summed E-state index contributed by atoms with van der Waals surface area (Å²) in [6, 6.07) is 8.50. The molecule has 0 atom stereocenters. The molecule has 6 heteroatoms. The Morgan fingerprint density at radius 2 is 2.00 bits per heavy atom. The van der Waals surface area contributed by atoms with E-state index in [2.05, 4.69) is 21.0 Å². The molecule has 5 nitrogen and oxygen atoms in total. The predicted molar refractivity (Wildman–Crippen MR) is 65.3 cm³/mol. The molecular formula is C11H9BrN2O3. The van der Waals surface area contributed by atoms with Gasteiger partial charge in [-0.2, -0.15) is 0 Å². The summed E-state index contributed by atoms with van der Waals surface area (Å²) in [4.78, 5) is 22.0. The van der Waals surface area contributed by atoms with Crippen LogP contribution < -0.4 is 5.56 Å². The highest BCUT2D eigenvalue weighted by Gasteiger charge is 2.11. The molecule has 2 rings (SSSR count). The van der Waals surface area contributed by atoms with E-state index in [0.717, 1.165) is 16.1 Å². The number of nitrogens with zero attached hydrogens (tertiary/aromatic N) is 1. The molecule has 0 aliphatic rings. The molecule has 0 aliphatic carbocycles. The van der Waals surface area contributed by atoms with Crippen LogP contribution in [0.5, 0.6) is 0 Å².